The zero-order valence-corrected chi connectivity index (χ0v) is 11.6. The zero-order valence-electron chi connectivity index (χ0n) is 10.7. The molecule has 0 aromatic carbocycles. The Labute approximate surface area is 120 Å². The van der Waals surface area contributed by atoms with E-state index in [-0.39, 0.29) is 31.1 Å². The van der Waals surface area contributed by atoms with Crippen LogP contribution in [0.4, 0.5) is 0 Å². The van der Waals surface area contributed by atoms with Crippen molar-refractivity contribution in [3.8, 4) is 0 Å². The van der Waals surface area contributed by atoms with Gasteiger partial charge in [0.05, 0.1) is 17.7 Å². The molecule has 0 radical (unpaired) electrons. The van der Waals surface area contributed by atoms with Crippen molar-refractivity contribution in [1.29, 1.82) is 0 Å². The lowest BCUT2D eigenvalue weighted by Gasteiger charge is -2.09. The second-order valence-electron chi connectivity index (χ2n) is 4.24. The maximum Gasteiger partial charge on any atom is 0.220 e. The van der Waals surface area contributed by atoms with Crippen LogP contribution in [-0.4, -0.2) is 23.3 Å². The number of rotatable bonds is 7. The molecule has 2 N–H and O–H groups in total. The standard InChI is InChI=1S/C14H15NO4S/c16-10(13-4-2-8-20-13)5-6-14(18)15-9-11(17)12-3-1-7-19-12/h1-4,7-8,11,17H,5-6,9H2,(H,15,18). The van der Waals surface area contributed by atoms with Gasteiger partial charge in [0.2, 0.25) is 5.91 Å². The van der Waals surface area contributed by atoms with Crippen molar-refractivity contribution in [1.82, 2.24) is 5.32 Å². The van der Waals surface area contributed by atoms with E-state index < -0.39 is 6.10 Å². The Morgan fingerprint density at radius 1 is 1.30 bits per heavy atom. The highest BCUT2D eigenvalue weighted by Crippen LogP contribution is 2.13. The van der Waals surface area contributed by atoms with E-state index >= 15 is 0 Å². The van der Waals surface area contributed by atoms with Crippen molar-refractivity contribution in [2.24, 2.45) is 0 Å². The van der Waals surface area contributed by atoms with Gasteiger partial charge >= 0.3 is 0 Å². The normalized spacial score (nSPS) is 12.1. The van der Waals surface area contributed by atoms with Crippen LogP contribution < -0.4 is 5.32 Å². The number of hydrogen-bond acceptors (Lipinski definition) is 5. The molecular weight excluding hydrogens is 278 g/mol. The summed E-state index contributed by atoms with van der Waals surface area (Å²) in [4.78, 5) is 24.0. The third-order valence-electron chi connectivity index (χ3n) is 2.74. The lowest BCUT2D eigenvalue weighted by molar-refractivity contribution is -0.121. The Hall–Kier alpha value is -1.92. The zero-order chi connectivity index (χ0) is 14.4. The number of thiophene rings is 1. The molecule has 6 heteroatoms. The summed E-state index contributed by atoms with van der Waals surface area (Å²) >= 11 is 1.37. The Kier molecular flexibility index (Phi) is 5.09. The lowest BCUT2D eigenvalue weighted by atomic mass is 10.2. The number of aliphatic hydroxyl groups is 1. The number of furan rings is 1. The van der Waals surface area contributed by atoms with E-state index in [1.807, 2.05) is 5.38 Å². The summed E-state index contributed by atoms with van der Waals surface area (Å²) in [5.74, 6) is 0.0993. The summed E-state index contributed by atoms with van der Waals surface area (Å²) < 4.78 is 5.02. The monoisotopic (exact) mass is 293 g/mol. The van der Waals surface area contributed by atoms with Crippen LogP contribution in [0.1, 0.15) is 34.4 Å². The molecule has 0 saturated heterocycles. The van der Waals surface area contributed by atoms with Crippen molar-refractivity contribution in [2.45, 2.75) is 18.9 Å². The van der Waals surface area contributed by atoms with Crippen LogP contribution in [0.3, 0.4) is 0 Å². The average molecular weight is 293 g/mol. The van der Waals surface area contributed by atoms with E-state index in [2.05, 4.69) is 5.32 Å². The smallest absolute Gasteiger partial charge is 0.220 e. The first-order valence-electron chi connectivity index (χ1n) is 6.21. The SMILES string of the molecule is O=C(CCC(=O)c1cccs1)NCC(O)c1ccco1. The maximum atomic E-state index is 11.7. The van der Waals surface area contributed by atoms with Crippen LogP contribution in [-0.2, 0) is 4.79 Å². The minimum absolute atomic E-state index is 0.0401. The topological polar surface area (TPSA) is 79.5 Å². The summed E-state index contributed by atoms with van der Waals surface area (Å²) in [5, 5.41) is 14.1. The summed E-state index contributed by atoms with van der Waals surface area (Å²) in [6, 6.07) is 6.85. The molecule has 2 aromatic heterocycles. The number of Topliss-reactive ketones (excluding diaryl/α,β-unsaturated/α-hetero) is 1. The van der Waals surface area contributed by atoms with Crippen molar-refractivity contribution >= 4 is 23.0 Å². The number of ketones is 1. The quantitative estimate of drug-likeness (QED) is 0.767. The molecule has 0 fully saturated rings. The minimum Gasteiger partial charge on any atom is -0.467 e. The minimum atomic E-state index is -0.873. The molecular formula is C14H15NO4S. The van der Waals surface area contributed by atoms with E-state index in [1.54, 1.807) is 24.3 Å². The van der Waals surface area contributed by atoms with Crippen LogP contribution in [0.2, 0.25) is 0 Å². The highest BCUT2D eigenvalue weighted by Gasteiger charge is 2.13. The van der Waals surface area contributed by atoms with Gasteiger partial charge in [-0.15, -0.1) is 11.3 Å². The Morgan fingerprint density at radius 2 is 2.15 bits per heavy atom. The summed E-state index contributed by atoms with van der Waals surface area (Å²) in [5.41, 5.74) is 0. The predicted molar refractivity (Wildman–Crippen MR) is 74.6 cm³/mol. The molecule has 0 aliphatic rings. The fourth-order valence-corrected chi connectivity index (χ4v) is 2.36. The van der Waals surface area contributed by atoms with E-state index in [0.717, 1.165) is 0 Å². The predicted octanol–water partition coefficient (Wildman–Crippen LogP) is 2.15. The van der Waals surface area contributed by atoms with Crippen LogP contribution in [0, 0.1) is 0 Å². The van der Waals surface area contributed by atoms with Gasteiger partial charge in [0.25, 0.3) is 0 Å². The molecule has 1 atom stereocenters. The fourth-order valence-electron chi connectivity index (χ4n) is 1.67. The van der Waals surface area contributed by atoms with Crippen LogP contribution in [0.25, 0.3) is 0 Å². The third kappa shape index (κ3) is 4.04. The van der Waals surface area contributed by atoms with Crippen LogP contribution >= 0.6 is 11.3 Å². The van der Waals surface area contributed by atoms with Crippen molar-refractivity contribution < 1.29 is 19.1 Å². The first-order chi connectivity index (χ1) is 9.66. The van der Waals surface area contributed by atoms with Gasteiger partial charge in [-0.25, -0.2) is 0 Å². The number of nitrogens with one attached hydrogen (secondary N) is 1. The van der Waals surface area contributed by atoms with E-state index in [4.69, 9.17) is 4.42 Å². The van der Waals surface area contributed by atoms with Crippen molar-refractivity contribution in [2.75, 3.05) is 6.54 Å². The Balaban J connectivity index is 1.69. The highest BCUT2D eigenvalue weighted by atomic mass is 32.1. The van der Waals surface area contributed by atoms with Gasteiger partial charge in [-0.2, -0.15) is 0 Å². The molecule has 2 heterocycles. The first-order valence-corrected chi connectivity index (χ1v) is 7.09. The van der Waals surface area contributed by atoms with E-state index in [1.165, 1.54) is 17.6 Å². The molecule has 0 aliphatic heterocycles. The number of carbonyl (C=O) groups is 2. The van der Waals surface area contributed by atoms with Gasteiger partial charge in [-0.05, 0) is 23.6 Å². The lowest BCUT2D eigenvalue weighted by Crippen LogP contribution is -2.28. The van der Waals surface area contributed by atoms with Crippen molar-refractivity contribution in [3.63, 3.8) is 0 Å². The van der Waals surface area contributed by atoms with Gasteiger partial charge in [0.15, 0.2) is 5.78 Å². The van der Waals surface area contributed by atoms with E-state index in [9.17, 15) is 14.7 Å². The summed E-state index contributed by atoms with van der Waals surface area (Å²) in [6.45, 7) is 0.0690. The summed E-state index contributed by atoms with van der Waals surface area (Å²) in [7, 11) is 0. The molecule has 2 aromatic rings. The molecule has 1 unspecified atom stereocenters. The van der Waals surface area contributed by atoms with Gasteiger partial charge < -0.3 is 14.8 Å². The number of hydrogen-bond donors (Lipinski definition) is 2. The van der Waals surface area contributed by atoms with Gasteiger partial charge in [0.1, 0.15) is 11.9 Å². The molecule has 0 spiro atoms. The van der Waals surface area contributed by atoms with Crippen molar-refractivity contribution in [3.05, 3.63) is 46.5 Å². The molecule has 106 valence electrons. The van der Waals surface area contributed by atoms with Gasteiger partial charge in [-0.1, -0.05) is 6.07 Å². The van der Waals surface area contributed by atoms with E-state index in [0.29, 0.717) is 10.6 Å². The molecule has 0 saturated carbocycles. The number of aliphatic hydroxyl groups excluding tert-OH is 1. The second-order valence-corrected chi connectivity index (χ2v) is 5.18. The van der Waals surface area contributed by atoms with Gasteiger partial charge in [0, 0.05) is 12.8 Å². The molecule has 5 nitrogen and oxygen atoms in total. The molecule has 0 aliphatic carbocycles. The Morgan fingerprint density at radius 3 is 2.80 bits per heavy atom. The largest absolute Gasteiger partial charge is 0.467 e. The van der Waals surface area contributed by atoms with Crippen LogP contribution in [0.5, 0.6) is 0 Å². The molecule has 20 heavy (non-hydrogen) atoms. The summed E-state index contributed by atoms with van der Waals surface area (Å²) in [6.07, 6.45) is 0.868. The highest BCUT2D eigenvalue weighted by molar-refractivity contribution is 7.12. The molecule has 0 bridgehead atoms. The number of amides is 1. The first kappa shape index (κ1) is 14.5. The maximum absolute atomic E-state index is 11.7. The fraction of sp³-hybridized carbons (Fsp3) is 0.286. The Bertz CT molecular complexity index is 548. The molecule has 2 rings (SSSR count). The number of carbonyl (C=O) groups excluding carboxylic acids is 2. The van der Waals surface area contributed by atoms with Crippen LogP contribution in [0.15, 0.2) is 40.3 Å². The van der Waals surface area contributed by atoms with Gasteiger partial charge in [-0.3, -0.25) is 9.59 Å². The average Bonchev–Trinajstić information content (AvgIpc) is 3.14. The molecule has 1 amide bonds. The third-order valence-corrected chi connectivity index (χ3v) is 3.65. The second kappa shape index (κ2) is 7.02.